The highest BCUT2D eigenvalue weighted by molar-refractivity contribution is 6.30. The van der Waals surface area contributed by atoms with Crippen molar-refractivity contribution >= 4 is 11.6 Å². The molecule has 1 saturated heterocycles. The van der Waals surface area contributed by atoms with E-state index in [1.54, 1.807) is 0 Å². The van der Waals surface area contributed by atoms with Gasteiger partial charge in [0.25, 0.3) is 0 Å². The fourth-order valence-corrected chi connectivity index (χ4v) is 3.54. The van der Waals surface area contributed by atoms with Crippen molar-refractivity contribution in [2.75, 3.05) is 26.2 Å². The fourth-order valence-electron chi connectivity index (χ4n) is 3.41. The number of ether oxygens (including phenoxy) is 2. The van der Waals surface area contributed by atoms with E-state index in [-0.39, 0.29) is 6.10 Å². The molecule has 1 fully saturated rings. The SMILES string of the molecule is [CH2]CC(Oc1ccc(OCCCN2CCCCC2)cc1)c1ccc(Cl)cc1. The number of halogens is 1. The summed E-state index contributed by atoms with van der Waals surface area (Å²) in [7, 11) is 0. The smallest absolute Gasteiger partial charge is 0.124 e. The Morgan fingerprint density at radius 1 is 0.926 bits per heavy atom. The molecule has 0 saturated carbocycles. The number of hydrogen-bond acceptors (Lipinski definition) is 3. The van der Waals surface area contributed by atoms with Gasteiger partial charge in [-0.25, -0.2) is 0 Å². The topological polar surface area (TPSA) is 21.7 Å². The highest BCUT2D eigenvalue weighted by Gasteiger charge is 2.12. The van der Waals surface area contributed by atoms with Crippen LogP contribution in [-0.4, -0.2) is 31.1 Å². The zero-order valence-corrected chi connectivity index (χ0v) is 16.7. The van der Waals surface area contributed by atoms with Crippen LogP contribution in [0.15, 0.2) is 48.5 Å². The van der Waals surface area contributed by atoms with Crippen LogP contribution in [-0.2, 0) is 0 Å². The van der Waals surface area contributed by atoms with Crippen LogP contribution >= 0.6 is 11.6 Å². The van der Waals surface area contributed by atoms with Gasteiger partial charge in [0.15, 0.2) is 0 Å². The summed E-state index contributed by atoms with van der Waals surface area (Å²) in [6.07, 6.45) is 5.70. The van der Waals surface area contributed by atoms with E-state index in [0.29, 0.717) is 6.42 Å². The van der Waals surface area contributed by atoms with Crippen LogP contribution in [0.4, 0.5) is 0 Å². The van der Waals surface area contributed by atoms with Crippen molar-refractivity contribution in [2.45, 2.75) is 38.2 Å². The number of benzene rings is 2. The molecule has 1 heterocycles. The predicted octanol–water partition coefficient (Wildman–Crippen LogP) is 5.94. The quantitative estimate of drug-likeness (QED) is 0.498. The molecule has 2 aromatic rings. The summed E-state index contributed by atoms with van der Waals surface area (Å²) in [5.41, 5.74) is 1.08. The molecule has 1 atom stereocenters. The first-order valence-corrected chi connectivity index (χ1v) is 10.3. The van der Waals surface area contributed by atoms with E-state index in [1.807, 2.05) is 48.5 Å². The lowest BCUT2D eigenvalue weighted by molar-refractivity contribution is 0.203. The number of rotatable bonds is 9. The molecule has 2 aromatic carbocycles. The molecule has 0 amide bonds. The fraction of sp³-hybridized carbons (Fsp3) is 0.435. The maximum atomic E-state index is 6.08. The van der Waals surface area contributed by atoms with Gasteiger partial charge in [-0.2, -0.15) is 0 Å². The van der Waals surface area contributed by atoms with Crippen LogP contribution in [0.1, 0.15) is 43.8 Å². The first-order chi connectivity index (χ1) is 13.2. The van der Waals surface area contributed by atoms with E-state index >= 15 is 0 Å². The van der Waals surface area contributed by atoms with Crippen LogP contribution in [0.5, 0.6) is 11.5 Å². The average molecular weight is 387 g/mol. The molecular weight excluding hydrogens is 358 g/mol. The summed E-state index contributed by atoms with van der Waals surface area (Å²) in [5.74, 6) is 1.71. The summed E-state index contributed by atoms with van der Waals surface area (Å²) < 4.78 is 12.0. The van der Waals surface area contributed by atoms with Gasteiger partial charge in [-0.3, -0.25) is 0 Å². The van der Waals surface area contributed by atoms with E-state index < -0.39 is 0 Å². The summed E-state index contributed by atoms with van der Waals surface area (Å²) >= 11 is 5.96. The van der Waals surface area contributed by atoms with E-state index in [9.17, 15) is 0 Å². The lowest BCUT2D eigenvalue weighted by atomic mass is 10.1. The maximum Gasteiger partial charge on any atom is 0.124 e. The van der Waals surface area contributed by atoms with Gasteiger partial charge in [0.1, 0.15) is 17.6 Å². The van der Waals surface area contributed by atoms with Gasteiger partial charge in [0, 0.05) is 11.6 Å². The third-order valence-electron chi connectivity index (χ3n) is 4.94. The Hall–Kier alpha value is -1.71. The van der Waals surface area contributed by atoms with Crippen LogP contribution in [0.3, 0.4) is 0 Å². The van der Waals surface area contributed by atoms with E-state index in [2.05, 4.69) is 11.8 Å². The Balaban J connectivity index is 1.44. The number of piperidine rings is 1. The van der Waals surface area contributed by atoms with Crippen LogP contribution in [0.25, 0.3) is 0 Å². The number of hydrogen-bond donors (Lipinski definition) is 0. The second-order valence-corrected chi connectivity index (χ2v) is 7.46. The molecule has 3 nitrogen and oxygen atoms in total. The van der Waals surface area contributed by atoms with Gasteiger partial charge < -0.3 is 14.4 Å². The van der Waals surface area contributed by atoms with Crippen molar-refractivity contribution in [2.24, 2.45) is 0 Å². The largest absolute Gasteiger partial charge is 0.494 e. The normalized spacial score (nSPS) is 16.1. The molecule has 145 valence electrons. The van der Waals surface area contributed by atoms with Crippen molar-refractivity contribution in [3.8, 4) is 11.5 Å². The molecule has 1 unspecified atom stereocenters. The summed E-state index contributed by atoms with van der Waals surface area (Å²) in [4.78, 5) is 2.54. The molecule has 0 spiro atoms. The number of nitrogens with zero attached hydrogens (tertiary/aromatic N) is 1. The van der Waals surface area contributed by atoms with Crippen molar-refractivity contribution in [3.05, 3.63) is 66.0 Å². The predicted molar refractivity (Wildman–Crippen MR) is 112 cm³/mol. The first-order valence-electron chi connectivity index (χ1n) is 9.91. The summed E-state index contributed by atoms with van der Waals surface area (Å²) in [5, 5.41) is 0.725. The Morgan fingerprint density at radius 3 is 2.26 bits per heavy atom. The van der Waals surface area contributed by atoms with Gasteiger partial charge in [0.2, 0.25) is 0 Å². The molecule has 4 heteroatoms. The third-order valence-corrected chi connectivity index (χ3v) is 5.19. The lowest BCUT2D eigenvalue weighted by Gasteiger charge is -2.26. The molecule has 1 radical (unpaired) electrons. The second-order valence-electron chi connectivity index (χ2n) is 7.02. The van der Waals surface area contributed by atoms with Crippen molar-refractivity contribution in [1.82, 2.24) is 4.90 Å². The summed E-state index contributed by atoms with van der Waals surface area (Å²) in [6, 6.07) is 15.6. The molecule has 3 rings (SSSR count). The molecule has 0 N–H and O–H groups in total. The maximum absolute atomic E-state index is 6.08. The van der Waals surface area contributed by atoms with E-state index in [4.69, 9.17) is 21.1 Å². The Bertz CT molecular complexity index is 666. The Kier molecular flexibility index (Phi) is 7.85. The molecule has 27 heavy (non-hydrogen) atoms. The highest BCUT2D eigenvalue weighted by atomic mass is 35.5. The van der Waals surface area contributed by atoms with Crippen LogP contribution < -0.4 is 9.47 Å². The first kappa shape index (κ1) is 20.0. The molecular formula is C23H29ClNO2. The van der Waals surface area contributed by atoms with Crippen LogP contribution in [0.2, 0.25) is 5.02 Å². The van der Waals surface area contributed by atoms with Crippen molar-refractivity contribution in [1.29, 1.82) is 0 Å². The van der Waals surface area contributed by atoms with Gasteiger partial charge in [-0.15, -0.1) is 0 Å². The van der Waals surface area contributed by atoms with Gasteiger partial charge in [-0.1, -0.05) is 30.2 Å². The number of likely N-dealkylation sites (tertiary alicyclic amines) is 1. The van der Waals surface area contributed by atoms with E-state index in [0.717, 1.165) is 41.7 Å². The monoisotopic (exact) mass is 386 g/mol. The van der Waals surface area contributed by atoms with Gasteiger partial charge in [-0.05, 0) is 87.7 Å². The Morgan fingerprint density at radius 2 is 1.59 bits per heavy atom. The minimum absolute atomic E-state index is 0.0847. The molecule has 0 aliphatic carbocycles. The third kappa shape index (κ3) is 6.44. The zero-order valence-electron chi connectivity index (χ0n) is 15.9. The highest BCUT2D eigenvalue weighted by Crippen LogP contribution is 2.27. The molecule has 0 bridgehead atoms. The standard InChI is InChI=1S/C23H29ClNO2/c1-2-23(19-7-9-20(24)10-8-19)27-22-13-11-21(12-14-22)26-18-6-17-25-15-4-3-5-16-25/h7-14,23H,1-6,15-18H2. The lowest BCUT2D eigenvalue weighted by Crippen LogP contribution is -2.31. The molecule has 0 aromatic heterocycles. The van der Waals surface area contributed by atoms with Gasteiger partial charge in [0.05, 0.1) is 6.61 Å². The van der Waals surface area contributed by atoms with Gasteiger partial charge >= 0.3 is 0 Å². The summed E-state index contributed by atoms with van der Waals surface area (Å²) in [6.45, 7) is 8.37. The van der Waals surface area contributed by atoms with Crippen LogP contribution in [0, 0.1) is 6.92 Å². The second kappa shape index (κ2) is 10.6. The minimum Gasteiger partial charge on any atom is -0.494 e. The average Bonchev–Trinajstić information content (AvgIpc) is 2.72. The van der Waals surface area contributed by atoms with Crippen molar-refractivity contribution < 1.29 is 9.47 Å². The minimum atomic E-state index is -0.0847. The molecule has 1 aliphatic heterocycles. The van der Waals surface area contributed by atoms with E-state index in [1.165, 1.54) is 32.4 Å². The van der Waals surface area contributed by atoms with Crippen molar-refractivity contribution in [3.63, 3.8) is 0 Å². The Labute approximate surface area is 168 Å². The zero-order chi connectivity index (χ0) is 18.9. The molecule has 1 aliphatic rings.